The molecule has 0 bridgehead atoms. The second-order valence-corrected chi connectivity index (χ2v) is 6.83. The Balaban J connectivity index is 1.97. The van der Waals surface area contributed by atoms with E-state index < -0.39 is 30.3 Å². The highest BCUT2D eigenvalue weighted by molar-refractivity contribution is 5.97. The van der Waals surface area contributed by atoms with Crippen LogP contribution in [0.2, 0.25) is 0 Å². The Bertz CT molecular complexity index is 936. The number of alkyl halides is 2. The molecule has 31 heavy (non-hydrogen) atoms. The molecule has 0 aromatic heterocycles. The number of rotatable bonds is 8. The molecule has 6 N–H and O–H groups in total. The normalized spacial score (nSPS) is 12.5. The van der Waals surface area contributed by atoms with Gasteiger partial charge in [0.25, 0.3) is 18.2 Å². The van der Waals surface area contributed by atoms with Crippen molar-refractivity contribution in [3.63, 3.8) is 0 Å². The molecule has 2 aromatic rings. The van der Waals surface area contributed by atoms with Crippen LogP contribution in [0.25, 0.3) is 0 Å². The van der Waals surface area contributed by atoms with E-state index in [1.807, 2.05) is 12.1 Å². The minimum absolute atomic E-state index is 0.308. The Morgan fingerprint density at radius 2 is 1.58 bits per heavy atom. The van der Waals surface area contributed by atoms with E-state index in [9.17, 15) is 18.4 Å². The first-order chi connectivity index (χ1) is 14.8. The van der Waals surface area contributed by atoms with Crippen LogP contribution in [0.1, 0.15) is 34.0 Å². The summed E-state index contributed by atoms with van der Waals surface area (Å²) in [4.78, 5) is 23.9. The van der Waals surface area contributed by atoms with Crippen molar-refractivity contribution in [1.29, 1.82) is 0 Å². The number of hydroxylamine groups is 1. The molecule has 0 radical (unpaired) electrons. The van der Waals surface area contributed by atoms with E-state index in [0.717, 1.165) is 11.1 Å². The Hall–Kier alpha value is -3.32. The van der Waals surface area contributed by atoms with Crippen LogP contribution in [0.5, 0.6) is 0 Å². The topological polar surface area (TPSA) is 116 Å². The molecule has 0 spiro atoms. The van der Waals surface area contributed by atoms with Crippen molar-refractivity contribution < 1.29 is 23.6 Å². The number of hydrogen-bond acceptors (Lipinski definition) is 5. The first-order valence-electron chi connectivity index (χ1n) is 9.50. The molecule has 9 heteroatoms. The van der Waals surface area contributed by atoms with Gasteiger partial charge < -0.3 is 16.4 Å². The second kappa shape index (κ2) is 11.8. The molecule has 0 fully saturated rings. The molecule has 0 aliphatic rings. The van der Waals surface area contributed by atoms with Gasteiger partial charge >= 0.3 is 0 Å². The fraction of sp³-hybridized carbons (Fsp3) is 0.273. The number of amides is 2. The van der Waals surface area contributed by atoms with Gasteiger partial charge in [0.1, 0.15) is 6.04 Å². The van der Waals surface area contributed by atoms with Gasteiger partial charge in [0.2, 0.25) is 0 Å². The van der Waals surface area contributed by atoms with Crippen LogP contribution in [0.3, 0.4) is 0 Å². The average Bonchev–Trinajstić information content (AvgIpc) is 2.76. The summed E-state index contributed by atoms with van der Waals surface area (Å²) in [7, 11) is 0. The van der Waals surface area contributed by atoms with Crippen LogP contribution in [0.15, 0.2) is 48.5 Å². The first kappa shape index (κ1) is 24.0. The fourth-order valence-corrected chi connectivity index (χ4v) is 2.61. The van der Waals surface area contributed by atoms with E-state index in [0.29, 0.717) is 17.7 Å². The summed E-state index contributed by atoms with van der Waals surface area (Å²) < 4.78 is 24.3. The maximum Gasteiger partial charge on any atom is 0.267 e. The van der Waals surface area contributed by atoms with Crippen molar-refractivity contribution in [2.24, 2.45) is 5.73 Å². The van der Waals surface area contributed by atoms with Gasteiger partial charge in [-0.2, -0.15) is 0 Å². The largest absolute Gasteiger partial charge is 0.339 e. The molecule has 0 heterocycles. The second-order valence-electron chi connectivity index (χ2n) is 6.83. The van der Waals surface area contributed by atoms with Crippen LogP contribution in [0.4, 0.5) is 8.78 Å². The highest BCUT2D eigenvalue weighted by Crippen LogP contribution is 2.07. The summed E-state index contributed by atoms with van der Waals surface area (Å²) in [6.45, 7) is 1.53. The Morgan fingerprint density at radius 1 is 1.03 bits per heavy atom. The van der Waals surface area contributed by atoms with Crippen LogP contribution >= 0.6 is 0 Å². The fourth-order valence-electron chi connectivity index (χ4n) is 2.61. The zero-order valence-electron chi connectivity index (χ0n) is 16.9. The molecular weight excluding hydrogens is 406 g/mol. The number of halogens is 2. The minimum atomic E-state index is -2.38. The minimum Gasteiger partial charge on any atom is -0.339 e. The van der Waals surface area contributed by atoms with Crippen molar-refractivity contribution in [3.8, 4) is 11.8 Å². The smallest absolute Gasteiger partial charge is 0.267 e. The van der Waals surface area contributed by atoms with E-state index in [2.05, 4.69) is 22.5 Å². The summed E-state index contributed by atoms with van der Waals surface area (Å²) in [5.74, 6) is 4.65. The SMILES string of the molecule is C[C@@H](N)[C@H](NC(=O)c1ccc(C#Cc2ccc(CNCC(F)F)cc2)cc1)C(=O)NO. The zero-order chi connectivity index (χ0) is 22.8. The quantitative estimate of drug-likeness (QED) is 0.247. The number of benzene rings is 2. The summed E-state index contributed by atoms with van der Waals surface area (Å²) in [6, 6.07) is 11.9. The molecule has 7 nitrogen and oxygen atoms in total. The lowest BCUT2D eigenvalue weighted by Gasteiger charge is -2.20. The molecular formula is C22H24F2N4O3. The van der Waals surface area contributed by atoms with Gasteiger partial charge in [-0.25, -0.2) is 14.3 Å². The molecule has 0 saturated carbocycles. The van der Waals surface area contributed by atoms with Gasteiger partial charge in [-0.05, 0) is 48.9 Å². The van der Waals surface area contributed by atoms with Gasteiger partial charge in [0.05, 0.1) is 6.54 Å². The van der Waals surface area contributed by atoms with E-state index in [1.54, 1.807) is 36.4 Å². The molecule has 2 amide bonds. The van der Waals surface area contributed by atoms with Crippen LogP contribution in [0, 0.1) is 11.8 Å². The molecule has 0 unspecified atom stereocenters. The van der Waals surface area contributed by atoms with E-state index in [4.69, 9.17) is 10.9 Å². The summed E-state index contributed by atoms with van der Waals surface area (Å²) in [5, 5.41) is 13.9. The maximum atomic E-state index is 12.3. The zero-order valence-corrected chi connectivity index (χ0v) is 16.9. The number of nitrogens with two attached hydrogens (primary N) is 1. The van der Waals surface area contributed by atoms with Crippen molar-refractivity contribution in [1.82, 2.24) is 16.1 Å². The van der Waals surface area contributed by atoms with Crippen LogP contribution in [-0.2, 0) is 11.3 Å². The summed E-state index contributed by atoms with van der Waals surface area (Å²) in [5.41, 5.74) is 9.76. The van der Waals surface area contributed by atoms with Crippen molar-refractivity contribution >= 4 is 11.8 Å². The lowest BCUT2D eigenvalue weighted by atomic mass is 10.1. The molecule has 2 aromatic carbocycles. The predicted molar refractivity (Wildman–Crippen MR) is 111 cm³/mol. The third-order valence-corrected chi connectivity index (χ3v) is 4.29. The third kappa shape index (κ3) is 7.79. The number of carbonyl (C=O) groups is 2. The van der Waals surface area contributed by atoms with Gasteiger partial charge in [-0.3, -0.25) is 14.8 Å². The number of hydrogen-bond donors (Lipinski definition) is 5. The highest BCUT2D eigenvalue weighted by Gasteiger charge is 2.24. The molecule has 2 atom stereocenters. The Kier molecular flexibility index (Phi) is 9.09. The average molecular weight is 430 g/mol. The molecule has 2 rings (SSSR count). The van der Waals surface area contributed by atoms with Gasteiger partial charge in [0, 0.05) is 29.3 Å². The third-order valence-electron chi connectivity index (χ3n) is 4.29. The Morgan fingerprint density at radius 3 is 2.06 bits per heavy atom. The standard InChI is InChI=1S/C22H24F2N4O3/c1-14(25)20(22(30)28-31)27-21(29)18-10-8-16(9-11-18)3-2-15-4-6-17(7-5-15)12-26-13-19(23)24/h4-11,14,19-20,26,31H,12-13,25H2,1H3,(H,27,29)(H,28,30)/t14-,20+/m1/s1. The highest BCUT2D eigenvalue weighted by atomic mass is 19.3. The van der Waals surface area contributed by atoms with Crippen LogP contribution in [-0.4, -0.2) is 42.1 Å². The number of nitrogens with one attached hydrogen (secondary N) is 3. The molecule has 164 valence electrons. The van der Waals surface area contributed by atoms with E-state index in [1.165, 1.54) is 12.4 Å². The maximum absolute atomic E-state index is 12.3. The number of carbonyl (C=O) groups excluding carboxylic acids is 2. The van der Waals surface area contributed by atoms with E-state index in [-0.39, 0.29) is 6.54 Å². The summed E-state index contributed by atoms with van der Waals surface area (Å²) >= 11 is 0. The summed E-state index contributed by atoms with van der Waals surface area (Å²) in [6.07, 6.45) is -2.38. The van der Waals surface area contributed by atoms with E-state index >= 15 is 0 Å². The lowest BCUT2D eigenvalue weighted by Crippen LogP contribution is -2.54. The predicted octanol–water partition coefficient (Wildman–Crippen LogP) is 1.39. The lowest BCUT2D eigenvalue weighted by molar-refractivity contribution is -0.131. The van der Waals surface area contributed by atoms with Gasteiger partial charge in [-0.15, -0.1) is 0 Å². The monoisotopic (exact) mass is 430 g/mol. The van der Waals surface area contributed by atoms with Crippen LogP contribution < -0.4 is 21.8 Å². The van der Waals surface area contributed by atoms with Crippen molar-refractivity contribution in [3.05, 3.63) is 70.8 Å². The van der Waals surface area contributed by atoms with Gasteiger partial charge in [-0.1, -0.05) is 24.0 Å². The molecule has 0 aliphatic heterocycles. The van der Waals surface area contributed by atoms with Crippen molar-refractivity contribution in [2.45, 2.75) is 32.0 Å². The van der Waals surface area contributed by atoms with Crippen molar-refractivity contribution in [2.75, 3.05) is 6.54 Å². The molecule has 0 saturated heterocycles. The van der Waals surface area contributed by atoms with Gasteiger partial charge in [0.15, 0.2) is 0 Å². The first-order valence-corrected chi connectivity index (χ1v) is 9.50. The molecule has 0 aliphatic carbocycles. The Labute approximate surface area is 179 Å².